The zero-order valence-corrected chi connectivity index (χ0v) is 39.0. The fraction of sp³-hybridized carbons (Fsp3) is 0.714. The predicted octanol–water partition coefficient (Wildman–Crippen LogP) is 11.7. The highest BCUT2D eigenvalue weighted by Crippen LogP contribution is 2.43. The maximum Gasteiger partial charge on any atom is 0.472 e. The van der Waals surface area contributed by atoms with Crippen LogP contribution in [0.1, 0.15) is 175 Å². The minimum atomic E-state index is -4.65. The third kappa shape index (κ3) is 43.8. The molecule has 4 atom stereocenters. The molecule has 0 aliphatic heterocycles. The molecule has 0 aromatic carbocycles. The first-order chi connectivity index (χ1) is 29.5. The molecular formula is C49H85O11P. The summed E-state index contributed by atoms with van der Waals surface area (Å²) in [6.07, 6.45) is 45.0. The quantitative estimate of drug-likeness (QED) is 0.0151. The third-order valence-electron chi connectivity index (χ3n) is 9.65. The molecule has 0 radical (unpaired) electrons. The molecule has 0 fully saturated rings. The zero-order chi connectivity index (χ0) is 45.1. The number of esters is 2. The molecular weight excluding hydrogens is 796 g/mol. The molecule has 61 heavy (non-hydrogen) atoms. The molecule has 0 saturated carbocycles. The third-order valence-corrected chi connectivity index (χ3v) is 10.6. The van der Waals surface area contributed by atoms with Crippen LogP contribution in [0.15, 0.2) is 72.9 Å². The van der Waals surface area contributed by atoms with Crippen molar-refractivity contribution >= 4 is 19.8 Å². The minimum absolute atomic E-state index is 0.0414. The summed E-state index contributed by atoms with van der Waals surface area (Å²) >= 11 is 0. The summed E-state index contributed by atoms with van der Waals surface area (Å²) < 4.78 is 32.7. The van der Waals surface area contributed by atoms with Gasteiger partial charge in [0.15, 0.2) is 6.10 Å². The molecule has 352 valence electrons. The van der Waals surface area contributed by atoms with Gasteiger partial charge in [0.1, 0.15) is 12.7 Å². The van der Waals surface area contributed by atoms with Gasteiger partial charge in [0.25, 0.3) is 0 Å². The molecule has 0 aliphatic rings. The Labute approximate surface area is 370 Å². The van der Waals surface area contributed by atoms with Gasteiger partial charge in [-0.15, -0.1) is 0 Å². The molecule has 0 aromatic rings. The Morgan fingerprint density at radius 3 is 1.69 bits per heavy atom. The second-order valence-electron chi connectivity index (χ2n) is 16.1. The molecule has 0 bridgehead atoms. The van der Waals surface area contributed by atoms with Gasteiger partial charge in [-0.1, -0.05) is 190 Å². The fourth-order valence-electron chi connectivity index (χ4n) is 6.05. The van der Waals surface area contributed by atoms with E-state index in [9.17, 15) is 29.3 Å². The lowest BCUT2D eigenvalue weighted by atomic mass is 10.0. The van der Waals surface area contributed by atoms with Crippen LogP contribution >= 0.6 is 7.82 Å². The van der Waals surface area contributed by atoms with Crippen molar-refractivity contribution in [3.63, 3.8) is 0 Å². The van der Waals surface area contributed by atoms with Crippen molar-refractivity contribution in [1.29, 1.82) is 0 Å². The predicted molar refractivity (Wildman–Crippen MR) is 248 cm³/mol. The normalized spacial score (nSPS) is 15.0. The Kier molecular flexibility index (Phi) is 40.8. The number of unbranched alkanes of at least 4 members (excludes halogenated alkanes) is 14. The number of phosphoric ester groups is 1. The summed E-state index contributed by atoms with van der Waals surface area (Å²) in [7, 11) is -4.65. The molecule has 0 heterocycles. The van der Waals surface area contributed by atoms with Gasteiger partial charge in [0.05, 0.1) is 25.9 Å². The van der Waals surface area contributed by atoms with E-state index in [2.05, 4.69) is 43.5 Å². The number of carbonyl (C=O) groups is 2. The number of ether oxygens (including phenoxy) is 2. The van der Waals surface area contributed by atoms with Crippen molar-refractivity contribution in [3.8, 4) is 0 Å². The first-order valence-corrected chi connectivity index (χ1v) is 24.9. The highest BCUT2D eigenvalue weighted by Gasteiger charge is 2.27. The average molecular weight is 881 g/mol. The summed E-state index contributed by atoms with van der Waals surface area (Å²) in [4.78, 5) is 35.0. The first-order valence-electron chi connectivity index (χ1n) is 23.4. The Morgan fingerprint density at radius 2 is 1.13 bits per heavy atom. The van der Waals surface area contributed by atoms with Gasteiger partial charge in [-0.25, -0.2) is 4.57 Å². The highest BCUT2D eigenvalue weighted by atomic mass is 31.2. The molecule has 11 nitrogen and oxygen atoms in total. The van der Waals surface area contributed by atoms with Crippen molar-refractivity contribution in [2.75, 3.05) is 26.4 Å². The van der Waals surface area contributed by atoms with Gasteiger partial charge in [0.2, 0.25) is 0 Å². The standard InChI is InChI=1S/C49H85O11P/c1-4-5-30-36-45(51)37-32-27-23-19-15-11-9-13-17-21-25-29-34-39-49(54)60-47(43-59-61(55,56)58-41-46(52)40-50)42-57-48(53)38-33-28-24-20-16-12-8-6-7-10-14-18-22-26-31-35-44(2)3/h5,11,13,15,17,23,25,27,29-30,32,37,44-47,50-52H,4,6-10,12,14,16,18-22,24,26,28,31,33-36,38-43H2,1-3H3,(H,55,56)/b15-11-,17-13-,27-23+,29-25-,30-5-,37-32+/t45?,46-,47+/m0/s1. The van der Waals surface area contributed by atoms with E-state index in [4.69, 9.17) is 19.1 Å². The van der Waals surface area contributed by atoms with Gasteiger partial charge in [-0.05, 0) is 50.9 Å². The Bertz CT molecular complexity index is 1270. The van der Waals surface area contributed by atoms with Crippen molar-refractivity contribution in [3.05, 3.63) is 72.9 Å². The zero-order valence-electron chi connectivity index (χ0n) is 38.1. The lowest BCUT2D eigenvalue weighted by molar-refractivity contribution is -0.161. The first kappa shape index (κ1) is 58.4. The van der Waals surface area contributed by atoms with E-state index in [1.54, 1.807) is 6.08 Å². The number of hydrogen-bond donors (Lipinski definition) is 4. The number of carbonyl (C=O) groups excluding carboxylic acids is 2. The SMILES string of the molecule is CC/C=C\CC(O)/C=C/C=C/C/C=C\C/C=C\C/C=C\CCC(=O)O[C@H](COC(=O)CCCCCCCCCCCCCCCCCC(C)C)COP(=O)(O)OC[C@@H](O)CO. The lowest BCUT2D eigenvalue weighted by Gasteiger charge is -2.20. The van der Waals surface area contributed by atoms with Crippen molar-refractivity contribution < 1.29 is 52.9 Å². The number of phosphoric acid groups is 1. The molecule has 0 amide bonds. The van der Waals surface area contributed by atoms with Crippen LogP contribution in [0.5, 0.6) is 0 Å². The van der Waals surface area contributed by atoms with Crippen LogP contribution in [-0.2, 0) is 32.7 Å². The number of hydrogen-bond acceptors (Lipinski definition) is 10. The largest absolute Gasteiger partial charge is 0.472 e. The van der Waals surface area contributed by atoms with E-state index < -0.39 is 57.9 Å². The van der Waals surface area contributed by atoms with E-state index in [-0.39, 0.29) is 19.4 Å². The Hall–Kier alpha value is -2.63. The van der Waals surface area contributed by atoms with Crippen molar-refractivity contribution in [2.45, 2.75) is 193 Å². The second kappa shape index (κ2) is 42.7. The van der Waals surface area contributed by atoms with Gasteiger partial charge < -0.3 is 29.7 Å². The van der Waals surface area contributed by atoms with E-state index in [0.717, 1.165) is 44.4 Å². The number of aliphatic hydroxyl groups is 3. The maximum absolute atomic E-state index is 12.6. The summed E-state index contributed by atoms with van der Waals surface area (Å²) in [6, 6.07) is 0. The van der Waals surface area contributed by atoms with E-state index >= 15 is 0 Å². The van der Waals surface area contributed by atoms with Crippen molar-refractivity contribution in [2.24, 2.45) is 5.92 Å². The minimum Gasteiger partial charge on any atom is -0.462 e. The maximum atomic E-state index is 12.6. The van der Waals surface area contributed by atoms with Crippen LogP contribution in [0.4, 0.5) is 0 Å². The lowest BCUT2D eigenvalue weighted by Crippen LogP contribution is -2.29. The van der Waals surface area contributed by atoms with Gasteiger partial charge in [-0.2, -0.15) is 0 Å². The van der Waals surface area contributed by atoms with Crippen molar-refractivity contribution in [1.82, 2.24) is 0 Å². The molecule has 12 heteroatoms. The average Bonchev–Trinajstić information content (AvgIpc) is 3.23. The fourth-order valence-corrected chi connectivity index (χ4v) is 6.84. The van der Waals surface area contributed by atoms with Crippen LogP contribution in [0, 0.1) is 5.92 Å². The molecule has 4 N–H and O–H groups in total. The second-order valence-corrected chi connectivity index (χ2v) is 17.5. The van der Waals surface area contributed by atoms with Crippen LogP contribution in [0.25, 0.3) is 0 Å². The molecule has 0 aliphatic carbocycles. The highest BCUT2D eigenvalue weighted by molar-refractivity contribution is 7.47. The topological polar surface area (TPSA) is 169 Å². The van der Waals surface area contributed by atoms with E-state index in [1.165, 1.54) is 77.0 Å². The van der Waals surface area contributed by atoms with Gasteiger partial charge in [0, 0.05) is 12.8 Å². The summed E-state index contributed by atoms with van der Waals surface area (Å²) in [5, 5.41) is 28.2. The summed E-state index contributed by atoms with van der Waals surface area (Å²) in [5.74, 6) is -0.221. The van der Waals surface area contributed by atoms with Gasteiger partial charge >= 0.3 is 19.8 Å². The van der Waals surface area contributed by atoms with Crippen LogP contribution < -0.4 is 0 Å². The van der Waals surface area contributed by atoms with E-state index in [1.807, 2.05) is 48.6 Å². The number of rotatable bonds is 42. The Morgan fingerprint density at radius 1 is 0.607 bits per heavy atom. The summed E-state index contributed by atoms with van der Waals surface area (Å²) in [6.45, 7) is 4.42. The monoisotopic (exact) mass is 881 g/mol. The van der Waals surface area contributed by atoms with Crippen LogP contribution in [0.3, 0.4) is 0 Å². The number of allylic oxidation sites excluding steroid dienone is 10. The molecule has 2 unspecified atom stereocenters. The molecule has 0 saturated heterocycles. The molecule has 0 rings (SSSR count). The Balaban J connectivity index is 4.40. The smallest absolute Gasteiger partial charge is 0.462 e. The van der Waals surface area contributed by atoms with E-state index in [0.29, 0.717) is 25.7 Å². The summed E-state index contributed by atoms with van der Waals surface area (Å²) in [5.41, 5.74) is 0. The van der Waals surface area contributed by atoms with Crippen LogP contribution in [-0.4, -0.2) is 76.9 Å². The molecule has 0 spiro atoms. The van der Waals surface area contributed by atoms with Gasteiger partial charge in [-0.3, -0.25) is 18.6 Å². The molecule has 0 aromatic heterocycles. The van der Waals surface area contributed by atoms with Crippen LogP contribution in [0.2, 0.25) is 0 Å². The number of aliphatic hydroxyl groups excluding tert-OH is 3.